The first-order valence-electron chi connectivity index (χ1n) is 5.71. The number of unbranched alkanes of at least 4 members (excludes halogenated alkanes) is 1. The molecule has 1 amide bonds. The van der Waals surface area contributed by atoms with Crippen molar-refractivity contribution < 1.29 is 14.4 Å². The molecule has 0 N–H and O–H groups in total. The van der Waals surface area contributed by atoms with Gasteiger partial charge in [-0.25, -0.2) is 0 Å². The Morgan fingerprint density at radius 3 is 2.59 bits per heavy atom. The maximum Gasteiger partial charge on any atom is 0.238 e. The summed E-state index contributed by atoms with van der Waals surface area (Å²) in [5.74, 6) is 0.725. The lowest BCUT2D eigenvalue weighted by Crippen LogP contribution is -2.22. The molecular weight excluding hydrogens is 218 g/mol. The summed E-state index contributed by atoms with van der Waals surface area (Å²) >= 11 is 0. The third-order valence-electron chi connectivity index (χ3n) is 2.18. The van der Waals surface area contributed by atoms with Crippen molar-refractivity contribution in [3.63, 3.8) is 0 Å². The zero-order valence-corrected chi connectivity index (χ0v) is 10.1. The summed E-state index contributed by atoms with van der Waals surface area (Å²) in [7, 11) is 0. The summed E-state index contributed by atoms with van der Waals surface area (Å²) < 4.78 is 5.21. The van der Waals surface area contributed by atoms with Crippen LogP contribution < -0.4 is 9.80 Å². The van der Waals surface area contributed by atoms with Crippen molar-refractivity contribution in [3.05, 3.63) is 31.2 Å². The molecular formula is C13H18NO3. The summed E-state index contributed by atoms with van der Waals surface area (Å²) in [6.45, 7) is 6.57. The van der Waals surface area contributed by atoms with Crippen molar-refractivity contribution in [2.45, 2.75) is 19.8 Å². The summed E-state index contributed by atoms with van der Waals surface area (Å²) in [5, 5.41) is 1.23. The largest absolute Gasteiger partial charge is 0.494 e. The van der Waals surface area contributed by atoms with Gasteiger partial charge in [0.2, 0.25) is 6.41 Å². The fourth-order valence-corrected chi connectivity index (χ4v) is 1.28. The Labute approximate surface area is 102 Å². The van der Waals surface area contributed by atoms with Crippen LogP contribution in [-0.2, 0) is 9.63 Å². The predicted octanol–water partition coefficient (Wildman–Crippen LogP) is 2.59. The molecule has 4 nitrogen and oxygen atoms in total. The Balaban J connectivity index is 2.58. The first kappa shape index (κ1) is 13.5. The van der Waals surface area contributed by atoms with Crippen molar-refractivity contribution in [3.8, 4) is 5.75 Å². The number of anilines is 1. The van der Waals surface area contributed by atoms with Crippen LogP contribution in [-0.4, -0.2) is 19.6 Å². The zero-order chi connectivity index (χ0) is 12.5. The number of carbonyl (C=O) groups is 1. The van der Waals surface area contributed by atoms with Gasteiger partial charge in [0.25, 0.3) is 0 Å². The van der Waals surface area contributed by atoms with Gasteiger partial charge in [0.15, 0.2) is 0 Å². The van der Waals surface area contributed by atoms with Gasteiger partial charge in [-0.1, -0.05) is 13.3 Å². The molecule has 0 atom stereocenters. The van der Waals surface area contributed by atoms with Crippen LogP contribution >= 0.6 is 0 Å². The van der Waals surface area contributed by atoms with E-state index in [4.69, 9.17) is 9.57 Å². The third-order valence-corrected chi connectivity index (χ3v) is 2.18. The molecule has 1 radical (unpaired) electrons. The topological polar surface area (TPSA) is 38.8 Å². The lowest BCUT2D eigenvalue weighted by atomic mass is 10.3. The molecule has 0 aromatic heterocycles. The van der Waals surface area contributed by atoms with Crippen LogP contribution in [0.5, 0.6) is 5.75 Å². The first-order chi connectivity index (χ1) is 8.31. The molecule has 1 aromatic carbocycles. The second-order valence-corrected chi connectivity index (χ2v) is 3.46. The second kappa shape index (κ2) is 7.68. The van der Waals surface area contributed by atoms with E-state index in [-0.39, 0.29) is 0 Å². The molecule has 1 rings (SSSR count). The zero-order valence-electron chi connectivity index (χ0n) is 10.1. The van der Waals surface area contributed by atoms with Gasteiger partial charge in [-0.05, 0) is 37.6 Å². The standard InChI is InChI=1S/C13H18NO3/c1-3-5-10-17-14(11-15)12-6-8-13(9-7-12)16-4-2/h6-9,11H,2-5,10H2,1H3. The van der Waals surface area contributed by atoms with Crippen LogP contribution in [0.2, 0.25) is 0 Å². The lowest BCUT2D eigenvalue weighted by molar-refractivity contribution is -0.114. The minimum Gasteiger partial charge on any atom is -0.494 e. The van der Waals surface area contributed by atoms with E-state index in [0.29, 0.717) is 25.3 Å². The fourth-order valence-electron chi connectivity index (χ4n) is 1.28. The molecule has 1 aromatic rings. The van der Waals surface area contributed by atoms with E-state index in [9.17, 15) is 4.79 Å². The van der Waals surface area contributed by atoms with E-state index in [1.165, 1.54) is 5.06 Å². The number of carbonyl (C=O) groups excluding carboxylic acids is 1. The van der Waals surface area contributed by atoms with Gasteiger partial charge in [0, 0.05) is 0 Å². The third kappa shape index (κ3) is 4.44. The van der Waals surface area contributed by atoms with Crippen LogP contribution in [0.3, 0.4) is 0 Å². The first-order valence-corrected chi connectivity index (χ1v) is 5.71. The van der Waals surface area contributed by atoms with E-state index < -0.39 is 0 Å². The summed E-state index contributed by atoms with van der Waals surface area (Å²) in [4.78, 5) is 16.2. The molecule has 0 aliphatic rings. The summed E-state index contributed by atoms with van der Waals surface area (Å²) in [6.07, 6.45) is 2.61. The molecule has 0 bridgehead atoms. The quantitative estimate of drug-likeness (QED) is 0.395. The van der Waals surface area contributed by atoms with Crippen LogP contribution in [0, 0.1) is 6.92 Å². The maximum absolute atomic E-state index is 10.9. The Bertz CT molecular complexity index is 324. The molecule has 0 unspecified atom stereocenters. The molecule has 93 valence electrons. The van der Waals surface area contributed by atoms with E-state index in [1.54, 1.807) is 24.3 Å². The normalized spacial score (nSPS) is 10.0. The average molecular weight is 236 g/mol. The second-order valence-electron chi connectivity index (χ2n) is 3.46. The Morgan fingerprint density at radius 1 is 1.35 bits per heavy atom. The number of ether oxygens (including phenoxy) is 1. The van der Waals surface area contributed by atoms with Crippen molar-refractivity contribution in [1.82, 2.24) is 0 Å². The van der Waals surface area contributed by atoms with Crippen molar-refractivity contribution in [2.75, 3.05) is 18.3 Å². The van der Waals surface area contributed by atoms with E-state index in [0.717, 1.165) is 18.6 Å². The number of hydrogen-bond acceptors (Lipinski definition) is 3. The van der Waals surface area contributed by atoms with Gasteiger partial charge < -0.3 is 4.74 Å². The number of nitrogens with zero attached hydrogens (tertiary/aromatic N) is 1. The van der Waals surface area contributed by atoms with Gasteiger partial charge in [-0.15, -0.1) is 0 Å². The number of benzene rings is 1. The molecule has 0 fully saturated rings. The molecule has 0 aliphatic carbocycles. The Morgan fingerprint density at radius 2 is 2.06 bits per heavy atom. The highest BCUT2D eigenvalue weighted by Gasteiger charge is 2.05. The minimum atomic E-state index is 0.379. The van der Waals surface area contributed by atoms with Crippen molar-refractivity contribution in [2.24, 2.45) is 0 Å². The maximum atomic E-state index is 10.9. The van der Waals surface area contributed by atoms with Gasteiger partial charge >= 0.3 is 0 Å². The van der Waals surface area contributed by atoms with Crippen LogP contribution in [0.1, 0.15) is 19.8 Å². The van der Waals surface area contributed by atoms with E-state index in [1.807, 2.05) is 0 Å². The van der Waals surface area contributed by atoms with Gasteiger partial charge in [-0.2, -0.15) is 5.06 Å². The van der Waals surface area contributed by atoms with Gasteiger partial charge in [-0.3, -0.25) is 9.63 Å². The number of hydroxylamine groups is 1. The molecule has 17 heavy (non-hydrogen) atoms. The number of hydrogen-bond donors (Lipinski definition) is 0. The van der Waals surface area contributed by atoms with Crippen LogP contribution in [0.25, 0.3) is 0 Å². The monoisotopic (exact) mass is 236 g/mol. The summed E-state index contributed by atoms with van der Waals surface area (Å²) in [5.41, 5.74) is 0.688. The smallest absolute Gasteiger partial charge is 0.238 e. The van der Waals surface area contributed by atoms with Crippen molar-refractivity contribution in [1.29, 1.82) is 0 Å². The van der Waals surface area contributed by atoms with Crippen molar-refractivity contribution >= 4 is 12.1 Å². The van der Waals surface area contributed by atoms with Gasteiger partial charge in [0.1, 0.15) is 5.75 Å². The fraction of sp³-hybridized carbons (Fsp3) is 0.385. The Kier molecular flexibility index (Phi) is 6.10. The molecule has 0 saturated heterocycles. The molecule has 4 heteroatoms. The molecule has 0 aliphatic heterocycles. The minimum absolute atomic E-state index is 0.379. The molecule has 0 spiro atoms. The predicted molar refractivity (Wildman–Crippen MR) is 66.7 cm³/mol. The van der Waals surface area contributed by atoms with Crippen LogP contribution in [0.4, 0.5) is 5.69 Å². The SMILES string of the molecule is [CH2]COc1ccc(N(C=O)OCCCC)cc1. The summed E-state index contributed by atoms with van der Waals surface area (Å²) in [6, 6.07) is 7.09. The highest BCUT2D eigenvalue weighted by Crippen LogP contribution is 2.18. The highest BCUT2D eigenvalue weighted by molar-refractivity contribution is 5.72. The highest BCUT2D eigenvalue weighted by atomic mass is 16.7. The lowest BCUT2D eigenvalue weighted by Gasteiger charge is -2.16. The van der Waals surface area contributed by atoms with Gasteiger partial charge in [0.05, 0.1) is 18.9 Å². The van der Waals surface area contributed by atoms with E-state index in [2.05, 4.69) is 13.8 Å². The number of rotatable bonds is 8. The Hall–Kier alpha value is -1.55. The van der Waals surface area contributed by atoms with Crippen LogP contribution in [0.15, 0.2) is 24.3 Å². The molecule has 0 saturated carbocycles. The van der Waals surface area contributed by atoms with E-state index >= 15 is 0 Å². The average Bonchev–Trinajstić information content (AvgIpc) is 2.36. The molecule has 0 heterocycles. The number of amides is 1.